The third-order valence-electron chi connectivity index (χ3n) is 4.81. The summed E-state index contributed by atoms with van der Waals surface area (Å²) in [6.45, 7) is 3.61. The lowest BCUT2D eigenvalue weighted by atomic mass is 10.0. The first-order valence-corrected chi connectivity index (χ1v) is 12.8. The number of H-pyrrole nitrogens is 1. The van der Waals surface area contributed by atoms with Gasteiger partial charge in [-0.15, -0.1) is 21.5 Å². The number of anilines is 1. The number of fused-ring (bicyclic) bond motifs is 1. The van der Waals surface area contributed by atoms with Crippen molar-refractivity contribution < 1.29 is 9.59 Å². The van der Waals surface area contributed by atoms with E-state index >= 15 is 0 Å². The van der Waals surface area contributed by atoms with Crippen LogP contribution in [0, 0.1) is 5.92 Å². The van der Waals surface area contributed by atoms with Crippen LogP contribution in [-0.2, 0) is 21.8 Å². The van der Waals surface area contributed by atoms with Crippen LogP contribution in [0.2, 0.25) is 0 Å². The van der Waals surface area contributed by atoms with Gasteiger partial charge in [0.15, 0.2) is 4.34 Å². The molecule has 2 amide bonds. The van der Waals surface area contributed by atoms with Crippen LogP contribution in [0.3, 0.4) is 0 Å². The maximum atomic E-state index is 13.1. The van der Waals surface area contributed by atoms with E-state index in [0.717, 1.165) is 26.6 Å². The fraction of sp³-hybridized carbons (Fsp3) is 0.273. The Hall–Kier alpha value is -2.69. The SMILES string of the molecule is CC(C)C(=O)NC(Cc1c[nH]c2ccccc12)C(=O)Nc1nnc(SCc2cccs2)s1. The van der Waals surface area contributed by atoms with Crippen molar-refractivity contribution in [3.05, 3.63) is 58.4 Å². The summed E-state index contributed by atoms with van der Waals surface area (Å²) in [5.74, 6) is 0.105. The molecule has 3 N–H and O–H groups in total. The van der Waals surface area contributed by atoms with Crippen LogP contribution in [0.25, 0.3) is 10.9 Å². The standard InChI is InChI=1S/C22H23N5O2S3/c1-13(2)19(28)24-18(10-14-11-23-17-8-4-3-7-16(14)17)20(29)25-21-26-27-22(32-21)31-12-15-6-5-9-30-15/h3-9,11,13,18,23H,10,12H2,1-2H3,(H,24,28)(H,25,26,29). The zero-order valence-corrected chi connectivity index (χ0v) is 20.1. The number of rotatable bonds is 9. The molecule has 0 radical (unpaired) electrons. The van der Waals surface area contributed by atoms with E-state index < -0.39 is 6.04 Å². The van der Waals surface area contributed by atoms with E-state index in [1.807, 2.05) is 41.9 Å². The maximum Gasteiger partial charge on any atom is 0.249 e. The fourth-order valence-electron chi connectivity index (χ4n) is 3.11. The molecule has 4 rings (SSSR count). The van der Waals surface area contributed by atoms with Crippen molar-refractivity contribution in [2.45, 2.75) is 36.4 Å². The Kier molecular flexibility index (Phi) is 7.23. The molecule has 0 aliphatic carbocycles. The molecule has 3 aromatic heterocycles. The third kappa shape index (κ3) is 5.56. The number of nitrogens with one attached hydrogen (secondary N) is 3. The summed E-state index contributed by atoms with van der Waals surface area (Å²) in [5, 5.41) is 17.5. The highest BCUT2D eigenvalue weighted by atomic mass is 32.2. The number of nitrogens with zero attached hydrogens (tertiary/aromatic N) is 2. The van der Waals surface area contributed by atoms with Gasteiger partial charge in [-0.3, -0.25) is 14.9 Å². The topological polar surface area (TPSA) is 99.8 Å². The van der Waals surface area contributed by atoms with Crippen LogP contribution in [-0.4, -0.2) is 33.0 Å². The summed E-state index contributed by atoms with van der Waals surface area (Å²) in [6.07, 6.45) is 2.25. The minimum Gasteiger partial charge on any atom is -0.361 e. The molecule has 1 aromatic carbocycles. The van der Waals surface area contributed by atoms with Crippen molar-refractivity contribution in [1.29, 1.82) is 0 Å². The van der Waals surface area contributed by atoms with E-state index in [0.29, 0.717) is 11.6 Å². The predicted octanol–water partition coefficient (Wildman–Crippen LogP) is 4.70. The lowest BCUT2D eigenvalue weighted by Crippen LogP contribution is -2.46. The Balaban J connectivity index is 1.45. The molecule has 1 atom stereocenters. The zero-order chi connectivity index (χ0) is 22.5. The molecule has 0 fully saturated rings. The van der Waals surface area contributed by atoms with E-state index in [9.17, 15) is 9.59 Å². The molecule has 0 spiro atoms. The van der Waals surface area contributed by atoms with Crippen molar-refractivity contribution in [2.24, 2.45) is 5.92 Å². The first kappa shape index (κ1) is 22.5. The highest BCUT2D eigenvalue weighted by molar-refractivity contribution is 8.00. The predicted molar refractivity (Wildman–Crippen MR) is 131 cm³/mol. The molecule has 3 heterocycles. The van der Waals surface area contributed by atoms with Gasteiger partial charge in [0.05, 0.1) is 0 Å². The normalized spacial score (nSPS) is 12.2. The summed E-state index contributed by atoms with van der Waals surface area (Å²) in [6, 6.07) is 11.3. The average Bonchev–Trinajstić information content (AvgIpc) is 3.53. The molecule has 0 saturated carbocycles. The fourth-order valence-corrected chi connectivity index (χ4v) is 5.63. The number of carbonyl (C=O) groups excluding carboxylic acids is 2. The van der Waals surface area contributed by atoms with Crippen LogP contribution in [0.1, 0.15) is 24.3 Å². The van der Waals surface area contributed by atoms with Gasteiger partial charge in [-0.05, 0) is 23.1 Å². The number of amides is 2. The van der Waals surface area contributed by atoms with Gasteiger partial charge in [0.25, 0.3) is 0 Å². The van der Waals surface area contributed by atoms with Crippen LogP contribution >= 0.6 is 34.4 Å². The number of para-hydroxylation sites is 1. The molecule has 10 heteroatoms. The minimum absolute atomic E-state index is 0.172. The van der Waals surface area contributed by atoms with E-state index in [4.69, 9.17) is 0 Å². The van der Waals surface area contributed by atoms with Crippen LogP contribution < -0.4 is 10.6 Å². The van der Waals surface area contributed by atoms with Crippen LogP contribution in [0.4, 0.5) is 5.13 Å². The summed E-state index contributed by atoms with van der Waals surface area (Å²) < 4.78 is 0.785. The van der Waals surface area contributed by atoms with Crippen molar-refractivity contribution in [1.82, 2.24) is 20.5 Å². The van der Waals surface area contributed by atoms with Gasteiger partial charge in [-0.1, -0.05) is 61.2 Å². The Morgan fingerprint density at radius 3 is 2.75 bits per heavy atom. The van der Waals surface area contributed by atoms with Gasteiger partial charge >= 0.3 is 0 Å². The van der Waals surface area contributed by atoms with Crippen LogP contribution in [0.15, 0.2) is 52.3 Å². The quantitative estimate of drug-likeness (QED) is 0.236. The van der Waals surface area contributed by atoms with E-state index in [1.54, 1.807) is 36.9 Å². The molecule has 0 aliphatic heterocycles. The van der Waals surface area contributed by atoms with Gasteiger partial charge in [0, 0.05) is 40.1 Å². The molecule has 32 heavy (non-hydrogen) atoms. The summed E-state index contributed by atoms with van der Waals surface area (Å²) in [7, 11) is 0. The highest BCUT2D eigenvalue weighted by Crippen LogP contribution is 2.29. The minimum atomic E-state index is -0.727. The van der Waals surface area contributed by atoms with Crippen molar-refractivity contribution >= 4 is 62.3 Å². The van der Waals surface area contributed by atoms with Crippen LogP contribution in [0.5, 0.6) is 0 Å². The molecular formula is C22H23N5O2S3. The first-order chi connectivity index (χ1) is 15.5. The Morgan fingerprint density at radius 2 is 1.97 bits per heavy atom. The number of aromatic nitrogens is 3. The molecule has 0 aliphatic rings. The molecule has 0 bridgehead atoms. The lowest BCUT2D eigenvalue weighted by Gasteiger charge is -2.18. The van der Waals surface area contributed by atoms with Crippen molar-refractivity contribution in [3.8, 4) is 0 Å². The molecule has 4 aromatic rings. The highest BCUT2D eigenvalue weighted by Gasteiger charge is 2.25. The third-order valence-corrected chi connectivity index (χ3v) is 7.89. The molecule has 1 unspecified atom stereocenters. The van der Waals surface area contributed by atoms with E-state index in [2.05, 4.69) is 31.9 Å². The average molecular weight is 486 g/mol. The molecular weight excluding hydrogens is 462 g/mol. The second-order valence-corrected chi connectivity index (χ2v) is 10.7. The second kappa shape index (κ2) is 10.3. The van der Waals surface area contributed by atoms with Crippen molar-refractivity contribution in [3.63, 3.8) is 0 Å². The largest absolute Gasteiger partial charge is 0.361 e. The number of benzene rings is 1. The Bertz CT molecular complexity index is 1200. The maximum absolute atomic E-state index is 13.1. The van der Waals surface area contributed by atoms with Gasteiger partial charge < -0.3 is 10.3 Å². The monoisotopic (exact) mass is 485 g/mol. The number of carbonyl (C=O) groups is 2. The van der Waals surface area contributed by atoms with Crippen molar-refractivity contribution in [2.75, 3.05) is 5.32 Å². The van der Waals surface area contributed by atoms with E-state index in [1.165, 1.54) is 16.2 Å². The Labute approximate surface area is 198 Å². The first-order valence-electron chi connectivity index (χ1n) is 10.1. The van der Waals surface area contributed by atoms with E-state index in [-0.39, 0.29) is 17.7 Å². The summed E-state index contributed by atoms with van der Waals surface area (Å²) in [5.41, 5.74) is 1.96. The molecule has 7 nitrogen and oxygen atoms in total. The second-order valence-electron chi connectivity index (χ2n) is 7.51. The van der Waals surface area contributed by atoms with Gasteiger partial charge in [-0.25, -0.2) is 0 Å². The number of aromatic amines is 1. The smallest absolute Gasteiger partial charge is 0.249 e. The summed E-state index contributed by atoms with van der Waals surface area (Å²) in [4.78, 5) is 29.9. The van der Waals surface area contributed by atoms with Gasteiger partial charge in [-0.2, -0.15) is 0 Å². The number of hydrogen-bond acceptors (Lipinski definition) is 7. The Morgan fingerprint density at radius 1 is 1.12 bits per heavy atom. The number of thioether (sulfide) groups is 1. The molecule has 0 saturated heterocycles. The number of hydrogen-bond donors (Lipinski definition) is 3. The lowest BCUT2D eigenvalue weighted by molar-refractivity contribution is -0.128. The van der Waals surface area contributed by atoms with Gasteiger partial charge in [0.1, 0.15) is 6.04 Å². The van der Waals surface area contributed by atoms with Gasteiger partial charge in [0.2, 0.25) is 16.9 Å². The molecule has 166 valence electrons. The number of thiophene rings is 1. The zero-order valence-electron chi connectivity index (χ0n) is 17.6. The summed E-state index contributed by atoms with van der Waals surface area (Å²) >= 11 is 4.61.